The van der Waals surface area contributed by atoms with E-state index in [0.717, 1.165) is 18.4 Å². The second kappa shape index (κ2) is 11.0. The smallest absolute Gasteiger partial charge is 0.254 e. The molecule has 0 unspecified atom stereocenters. The monoisotopic (exact) mass is 483 g/mol. The molecule has 0 radical (unpaired) electrons. The van der Waals surface area contributed by atoms with Crippen molar-refractivity contribution >= 4 is 29.1 Å². The third kappa shape index (κ3) is 5.34. The number of halogens is 2. The summed E-state index contributed by atoms with van der Waals surface area (Å²) in [6.45, 7) is 1.42. The number of amides is 1. The van der Waals surface area contributed by atoms with Gasteiger partial charge in [-0.1, -0.05) is 23.2 Å². The Kier molecular flexibility index (Phi) is 8.34. The molecule has 1 fully saturated rings. The first kappa shape index (κ1) is 24.3. The Bertz CT molecular complexity index is 913. The van der Waals surface area contributed by atoms with Crippen LogP contribution in [0, 0.1) is 0 Å². The molecule has 0 N–H and O–H groups in total. The van der Waals surface area contributed by atoms with Gasteiger partial charge in [0.2, 0.25) is 5.75 Å². The molecule has 1 amide bonds. The topological polar surface area (TPSA) is 66.5 Å². The fraction of sp³-hybridized carbons (Fsp3) is 0.435. The number of ether oxygens (including phenoxy) is 5. The van der Waals surface area contributed by atoms with Gasteiger partial charge >= 0.3 is 0 Å². The lowest BCUT2D eigenvalue weighted by atomic mass is 10.1. The molecule has 1 saturated heterocycles. The average Bonchev–Trinajstić information content (AvgIpc) is 3.30. The van der Waals surface area contributed by atoms with Crippen molar-refractivity contribution in [1.29, 1.82) is 0 Å². The number of methoxy groups -OCH3 is 4. The van der Waals surface area contributed by atoms with E-state index in [0.29, 0.717) is 48.3 Å². The van der Waals surface area contributed by atoms with Gasteiger partial charge in [-0.2, -0.15) is 0 Å². The molecular weight excluding hydrogens is 457 g/mol. The van der Waals surface area contributed by atoms with Gasteiger partial charge in [0.15, 0.2) is 17.2 Å². The van der Waals surface area contributed by atoms with Crippen molar-refractivity contribution in [2.24, 2.45) is 0 Å². The lowest BCUT2D eigenvalue weighted by Gasteiger charge is -2.26. The molecule has 7 nitrogen and oxygen atoms in total. The average molecular weight is 484 g/mol. The Morgan fingerprint density at radius 2 is 1.56 bits per heavy atom. The number of benzene rings is 2. The number of nitrogens with zero attached hydrogens (tertiary/aromatic N) is 1. The maximum Gasteiger partial charge on any atom is 0.254 e. The van der Waals surface area contributed by atoms with Crippen molar-refractivity contribution in [1.82, 2.24) is 4.90 Å². The number of rotatable bonds is 9. The predicted octanol–water partition coefficient (Wildman–Crippen LogP) is 4.85. The standard InChI is InChI=1S/C23H27Cl2NO6/c1-28-19-8-14(9-20(29-2)22(19)31-4)12-26(13-16-6-5-7-32-16)23(27)15-10-17(24)21(30-3)18(25)11-15/h8-11,16H,5-7,12-13H2,1-4H3/t16-/m0/s1. The molecule has 0 aliphatic carbocycles. The Morgan fingerprint density at radius 1 is 0.969 bits per heavy atom. The van der Waals surface area contributed by atoms with Crippen molar-refractivity contribution in [3.8, 4) is 23.0 Å². The molecule has 1 aliphatic heterocycles. The van der Waals surface area contributed by atoms with Crippen molar-refractivity contribution in [3.63, 3.8) is 0 Å². The third-order valence-corrected chi connectivity index (χ3v) is 5.84. The van der Waals surface area contributed by atoms with Gasteiger partial charge in [-0.25, -0.2) is 0 Å². The molecule has 3 rings (SSSR count). The molecule has 1 heterocycles. The highest BCUT2D eigenvalue weighted by Gasteiger charge is 2.26. The van der Waals surface area contributed by atoms with E-state index in [1.165, 1.54) is 7.11 Å². The second-order valence-electron chi connectivity index (χ2n) is 7.33. The highest BCUT2D eigenvalue weighted by molar-refractivity contribution is 6.37. The van der Waals surface area contributed by atoms with Crippen LogP contribution in [0.25, 0.3) is 0 Å². The van der Waals surface area contributed by atoms with Gasteiger partial charge in [0.1, 0.15) is 0 Å². The quantitative estimate of drug-likeness (QED) is 0.507. The maximum absolute atomic E-state index is 13.5. The summed E-state index contributed by atoms with van der Waals surface area (Å²) < 4.78 is 27.3. The summed E-state index contributed by atoms with van der Waals surface area (Å²) in [5.74, 6) is 1.63. The van der Waals surface area contributed by atoms with E-state index >= 15 is 0 Å². The van der Waals surface area contributed by atoms with E-state index < -0.39 is 0 Å². The Balaban J connectivity index is 1.95. The zero-order valence-corrected chi connectivity index (χ0v) is 20.1. The largest absolute Gasteiger partial charge is 0.494 e. The normalized spacial score (nSPS) is 15.4. The molecular formula is C23H27Cl2NO6. The van der Waals surface area contributed by atoms with Gasteiger partial charge < -0.3 is 28.6 Å². The van der Waals surface area contributed by atoms with Crippen molar-refractivity contribution in [2.45, 2.75) is 25.5 Å². The molecule has 9 heteroatoms. The third-order valence-electron chi connectivity index (χ3n) is 5.28. The minimum Gasteiger partial charge on any atom is -0.494 e. The van der Waals surface area contributed by atoms with Crippen LogP contribution in [-0.2, 0) is 11.3 Å². The van der Waals surface area contributed by atoms with Crippen molar-refractivity contribution in [3.05, 3.63) is 45.4 Å². The summed E-state index contributed by atoms with van der Waals surface area (Å²) in [5.41, 5.74) is 1.18. The summed E-state index contributed by atoms with van der Waals surface area (Å²) in [4.78, 5) is 15.2. The maximum atomic E-state index is 13.5. The summed E-state index contributed by atoms with van der Waals surface area (Å²) in [5, 5.41) is 0.543. The first-order valence-electron chi connectivity index (χ1n) is 10.1. The summed E-state index contributed by atoms with van der Waals surface area (Å²) in [7, 11) is 6.13. The molecule has 0 saturated carbocycles. The molecule has 32 heavy (non-hydrogen) atoms. The van der Waals surface area contributed by atoms with E-state index in [9.17, 15) is 4.79 Å². The minimum absolute atomic E-state index is 0.0369. The molecule has 0 bridgehead atoms. The van der Waals surface area contributed by atoms with Crippen LogP contribution in [0.1, 0.15) is 28.8 Å². The molecule has 0 spiro atoms. The molecule has 1 atom stereocenters. The van der Waals surface area contributed by atoms with Crippen molar-refractivity contribution in [2.75, 3.05) is 41.6 Å². The minimum atomic E-state index is -0.222. The van der Waals surface area contributed by atoms with E-state index in [1.807, 2.05) is 12.1 Å². The van der Waals surface area contributed by atoms with Gasteiger partial charge in [-0.15, -0.1) is 0 Å². The fourth-order valence-corrected chi connectivity index (χ4v) is 4.40. The molecule has 0 aromatic heterocycles. The number of hydrogen-bond donors (Lipinski definition) is 0. The lowest BCUT2D eigenvalue weighted by molar-refractivity contribution is 0.0507. The molecule has 2 aromatic carbocycles. The lowest BCUT2D eigenvalue weighted by Crippen LogP contribution is -2.37. The van der Waals surface area contributed by atoms with Crippen LogP contribution in [0.15, 0.2) is 24.3 Å². The second-order valence-corrected chi connectivity index (χ2v) is 8.14. The van der Waals surface area contributed by atoms with E-state index in [4.69, 9.17) is 46.9 Å². The SMILES string of the molecule is COc1cc(CN(C[C@@H]2CCCO2)C(=O)c2cc(Cl)c(OC)c(Cl)c2)cc(OC)c1OC. The van der Waals surface area contributed by atoms with Gasteiger partial charge in [0.05, 0.1) is 44.6 Å². The number of hydrogen-bond acceptors (Lipinski definition) is 6. The Hall–Kier alpha value is -2.35. The highest BCUT2D eigenvalue weighted by Crippen LogP contribution is 2.39. The first-order chi connectivity index (χ1) is 15.4. The van der Waals surface area contributed by atoms with E-state index in [2.05, 4.69) is 0 Å². The van der Waals surface area contributed by atoms with Gasteiger partial charge in [-0.05, 0) is 42.7 Å². The summed E-state index contributed by atoms with van der Waals surface area (Å²) in [6.07, 6.45) is 1.82. The zero-order valence-electron chi connectivity index (χ0n) is 18.6. The van der Waals surface area contributed by atoms with Gasteiger partial charge in [0.25, 0.3) is 5.91 Å². The van der Waals surface area contributed by atoms with Gasteiger partial charge in [-0.3, -0.25) is 4.79 Å². The van der Waals surface area contributed by atoms with E-state index in [1.54, 1.807) is 38.4 Å². The molecule has 2 aromatic rings. The zero-order chi connectivity index (χ0) is 23.3. The Morgan fingerprint density at radius 3 is 2.03 bits per heavy atom. The summed E-state index contributed by atoms with van der Waals surface area (Å²) >= 11 is 12.5. The van der Waals surface area contributed by atoms with Crippen LogP contribution in [0.2, 0.25) is 10.0 Å². The number of carbonyl (C=O) groups is 1. The van der Waals surface area contributed by atoms with Crippen LogP contribution < -0.4 is 18.9 Å². The summed E-state index contributed by atoms with van der Waals surface area (Å²) in [6, 6.07) is 6.77. The number of carbonyl (C=O) groups excluding carboxylic acids is 1. The predicted molar refractivity (Wildman–Crippen MR) is 123 cm³/mol. The van der Waals surface area contributed by atoms with Crippen LogP contribution in [0.3, 0.4) is 0 Å². The molecule has 174 valence electrons. The van der Waals surface area contributed by atoms with Gasteiger partial charge in [0, 0.05) is 25.3 Å². The Labute approximate surface area is 198 Å². The fourth-order valence-electron chi connectivity index (χ4n) is 3.76. The van der Waals surface area contributed by atoms with Crippen LogP contribution >= 0.6 is 23.2 Å². The molecule has 1 aliphatic rings. The van der Waals surface area contributed by atoms with Crippen LogP contribution in [-0.4, -0.2) is 58.5 Å². The highest BCUT2D eigenvalue weighted by atomic mass is 35.5. The van der Waals surface area contributed by atoms with Crippen molar-refractivity contribution < 1.29 is 28.5 Å². The van der Waals surface area contributed by atoms with Crippen LogP contribution in [0.5, 0.6) is 23.0 Å². The van der Waals surface area contributed by atoms with E-state index in [-0.39, 0.29) is 22.1 Å². The van der Waals surface area contributed by atoms with Crippen LogP contribution in [0.4, 0.5) is 0 Å². The first-order valence-corrected chi connectivity index (χ1v) is 10.9.